The summed E-state index contributed by atoms with van der Waals surface area (Å²) in [6.07, 6.45) is -6.44. The van der Waals surface area contributed by atoms with Crippen molar-refractivity contribution >= 4 is 28.9 Å². The van der Waals surface area contributed by atoms with E-state index in [-0.39, 0.29) is 35.3 Å². The molecule has 2 fully saturated rings. The number of carbonyl (C=O) groups excluding carboxylic acids is 5. The summed E-state index contributed by atoms with van der Waals surface area (Å²) in [5, 5.41) is 56.3. The van der Waals surface area contributed by atoms with Crippen LogP contribution >= 0.6 is 0 Å². The summed E-state index contributed by atoms with van der Waals surface area (Å²) in [7, 11) is 1.16. The van der Waals surface area contributed by atoms with Gasteiger partial charge in [0.25, 0.3) is 0 Å². The van der Waals surface area contributed by atoms with Crippen LogP contribution in [0.25, 0.3) is 0 Å². The number of carbonyl (C=O) groups is 5. The molecule has 220 valence electrons. The molecule has 13 heteroatoms. The topological polar surface area (TPSA) is 214 Å². The van der Waals surface area contributed by atoms with Gasteiger partial charge >= 0.3 is 0 Å². The van der Waals surface area contributed by atoms with E-state index in [1.54, 1.807) is 6.92 Å². The highest BCUT2D eigenvalue weighted by Crippen LogP contribution is 2.52. The normalized spacial score (nSPS) is 36.7. The van der Waals surface area contributed by atoms with Gasteiger partial charge in [0, 0.05) is 24.5 Å². The van der Waals surface area contributed by atoms with Gasteiger partial charge in [0.1, 0.15) is 35.3 Å². The minimum atomic E-state index is -3.41. The number of ketones is 5. The first-order valence-corrected chi connectivity index (χ1v) is 13.1. The summed E-state index contributed by atoms with van der Waals surface area (Å²) < 4.78 is 16.5. The molecule has 0 bridgehead atoms. The molecule has 8 atom stereocenters. The summed E-state index contributed by atoms with van der Waals surface area (Å²) in [5.41, 5.74) is -8.05. The van der Waals surface area contributed by atoms with Crippen LogP contribution in [-0.4, -0.2) is 103 Å². The molecule has 0 radical (unpaired) electrons. The van der Waals surface area contributed by atoms with Gasteiger partial charge in [0.15, 0.2) is 23.6 Å². The first kappa shape index (κ1) is 29.2. The van der Waals surface area contributed by atoms with E-state index in [1.807, 2.05) is 0 Å². The highest BCUT2D eigenvalue weighted by molar-refractivity contribution is 6.30. The number of Topliss-reactive ketones (excluding diaryl/α,β-unsaturated/α-hetero) is 4. The third-order valence-electron chi connectivity index (χ3n) is 8.77. The second kappa shape index (κ2) is 9.61. The second-order valence-electron chi connectivity index (χ2n) is 11.0. The van der Waals surface area contributed by atoms with E-state index >= 15 is 0 Å². The number of phenols is 1. The van der Waals surface area contributed by atoms with Crippen molar-refractivity contribution in [2.24, 2.45) is 5.92 Å². The number of benzene rings is 1. The Balaban J connectivity index is 1.72. The zero-order chi connectivity index (χ0) is 30.3. The summed E-state index contributed by atoms with van der Waals surface area (Å²) in [6, 6.07) is 0. The van der Waals surface area contributed by atoms with Crippen molar-refractivity contribution in [2.75, 3.05) is 7.11 Å². The number of hydrogen-bond acceptors (Lipinski definition) is 13. The van der Waals surface area contributed by atoms with Crippen molar-refractivity contribution in [3.05, 3.63) is 39.7 Å². The highest BCUT2D eigenvalue weighted by atomic mass is 16.7. The average molecular weight is 575 g/mol. The summed E-state index contributed by atoms with van der Waals surface area (Å²) in [6.45, 7) is 3.86. The Hall–Kier alpha value is -3.33. The maximum absolute atomic E-state index is 14.0. The lowest BCUT2D eigenvalue weighted by Gasteiger charge is -2.55. The number of methoxy groups -OCH3 is 1. The third kappa shape index (κ3) is 3.80. The number of allylic oxidation sites excluding steroid dienone is 2. The van der Waals surface area contributed by atoms with Crippen molar-refractivity contribution < 1.29 is 63.7 Å². The number of aliphatic hydroxyl groups excluding tert-OH is 2. The van der Waals surface area contributed by atoms with E-state index in [4.69, 9.17) is 14.2 Å². The van der Waals surface area contributed by atoms with Gasteiger partial charge in [-0.25, -0.2) is 0 Å². The molecule has 1 saturated carbocycles. The lowest BCUT2D eigenvalue weighted by Crippen LogP contribution is -2.80. The van der Waals surface area contributed by atoms with Gasteiger partial charge in [-0.15, -0.1) is 0 Å². The molecule has 1 heterocycles. The zero-order valence-corrected chi connectivity index (χ0v) is 22.7. The smallest absolute Gasteiger partial charge is 0.228 e. The van der Waals surface area contributed by atoms with Crippen LogP contribution < -0.4 is 0 Å². The van der Waals surface area contributed by atoms with Crippen LogP contribution in [0.1, 0.15) is 68.9 Å². The van der Waals surface area contributed by atoms with Crippen LogP contribution in [0.4, 0.5) is 0 Å². The maximum atomic E-state index is 14.0. The molecule has 5 N–H and O–H groups in total. The van der Waals surface area contributed by atoms with Crippen molar-refractivity contribution in [3.8, 4) is 5.75 Å². The van der Waals surface area contributed by atoms with E-state index in [0.717, 1.165) is 20.1 Å². The van der Waals surface area contributed by atoms with E-state index in [0.29, 0.717) is 0 Å². The first-order valence-electron chi connectivity index (χ1n) is 13.1. The van der Waals surface area contributed by atoms with E-state index < -0.39 is 100 Å². The Morgan fingerprint density at radius 2 is 1.73 bits per heavy atom. The SMILES string of the molecule is COC1=CC(=O)c2c(O)c3c(c(C)c2C1=O)CC1(O)C(OC2CCC(O)C(C)O2)C(O)C(C(C)=O)C(=O)C1(O)C3=O. The molecule has 4 aliphatic rings. The molecule has 1 saturated heterocycles. The molecule has 13 nitrogen and oxygen atoms in total. The van der Waals surface area contributed by atoms with Crippen LogP contribution in [0.2, 0.25) is 0 Å². The van der Waals surface area contributed by atoms with Crippen LogP contribution in [-0.2, 0) is 30.2 Å². The molecule has 41 heavy (non-hydrogen) atoms. The van der Waals surface area contributed by atoms with Crippen molar-refractivity contribution in [1.29, 1.82) is 0 Å². The number of aromatic hydroxyl groups is 1. The Kier molecular flexibility index (Phi) is 6.84. The standard InChI is InChI=1S/C28H30O13/c1-9-12-8-27(37)26(41-16-6-5-13(30)11(3)40-16)23(34)18(10(2)29)24(35)28(27,38)25(36)19(12)22(33)20-14(31)7-15(39-4)21(32)17(9)20/h7,11,13,16,18,23,26,30,33-34,37-38H,5-6,8H2,1-4H3. The van der Waals surface area contributed by atoms with E-state index in [1.165, 1.54) is 6.92 Å². The predicted molar refractivity (Wildman–Crippen MR) is 134 cm³/mol. The highest BCUT2D eigenvalue weighted by Gasteiger charge is 2.74. The molecule has 0 amide bonds. The van der Waals surface area contributed by atoms with Crippen LogP contribution in [0, 0.1) is 12.8 Å². The Morgan fingerprint density at radius 1 is 1.07 bits per heavy atom. The van der Waals surface area contributed by atoms with Gasteiger partial charge in [0.05, 0.1) is 30.4 Å². The average Bonchev–Trinajstić information content (AvgIpc) is 2.90. The Labute approximate surface area is 233 Å². The fourth-order valence-corrected chi connectivity index (χ4v) is 6.50. The van der Waals surface area contributed by atoms with Crippen LogP contribution in [0.15, 0.2) is 11.8 Å². The number of aliphatic hydroxyl groups is 4. The van der Waals surface area contributed by atoms with Gasteiger partial charge in [-0.2, -0.15) is 0 Å². The molecule has 3 aliphatic carbocycles. The quantitative estimate of drug-likeness (QED) is 0.280. The van der Waals surface area contributed by atoms with Crippen LogP contribution in [0.5, 0.6) is 5.75 Å². The Morgan fingerprint density at radius 3 is 2.32 bits per heavy atom. The summed E-state index contributed by atoms with van der Waals surface area (Å²) in [5.74, 6) is -8.95. The van der Waals surface area contributed by atoms with Crippen molar-refractivity contribution in [1.82, 2.24) is 0 Å². The number of fused-ring (bicyclic) bond motifs is 3. The number of phenolic OH excluding ortho intramolecular Hbond substituents is 1. The molecule has 1 aliphatic heterocycles. The largest absolute Gasteiger partial charge is 0.506 e. The van der Waals surface area contributed by atoms with Gasteiger partial charge in [-0.1, -0.05) is 0 Å². The monoisotopic (exact) mass is 574 g/mol. The first-order chi connectivity index (χ1) is 19.1. The van der Waals surface area contributed by atoms with Crippen molar-refractivity contribution in [2.45, 2.75) is 81.9 Å². The Bertz CT molecular complexity index is 1440. The number of hydrogen-bond donors (Lipinski definition) is 5. The number of rotatable bonds is 4. The van der Waals surface area contributed by atoms with E-state index in [9.17, 15) is 49.5 Å². The van der Waals surface area contributed by atoms with Gasteiger partial charge < -0.3 is 39.7 Å². The van der Waals surface area contributed by atoms with Crippen LogP contribution in [0.3, 0.4) is 0 Å². The molecule has 0 spiro atoms. The fourth-order valence-electron chi connectivity index (χ4n) is 6.50. The lowest BCUT2D eigenvalue weighted by atomic mass is 9.55. The minimum absolute atomic E-state index is 0.0160. The summed E-state index contributed by atoms with van der Waals surface area (Å²) in [4.78, 5) is 66.2. The zero-order valence-electron chi connectivity index (χ0n) is 22.7. The fraction of sp³-hybridized carbons (Fsp3) is 0.536. The molecular weight excluding hydrogens is 544 g/mol. The third-order valence-corrected chi connectivity index (χ3v) is 8.77. The minimum Gasteiger partial charge on any atom is -0.506 e. The molecule has 0 aromatic heterocycles. The van der Waals surface area contributed by atoms with Gasteiger partial charge in [0.2, 0.25) is 17.2 Å². The molecule has 5 rings (SSSR count). The molecule has 8 unspecified atom stereocenters. The number of ether oxygens (including phenoxy) is 3. The lowest BCUT2D eigenvalue weighted by molar-refractivity contribution is -0.303. The molecule has 1 aromatic carbocycles. The summed E-state index contributed by atoms with van der Waals surface area (Å²) >= 11 is 0. The molecular formula is C28H30O13. The van der Waals surface area contributed by atoms with Gasteiger partial charge in [-0.3, -0.25) is 24.0 Å². The van der Waals surface area contributed by atoms with E-state index in [2.05, 4.69) is 0 Å². The van der Waals surface area contributed by atoms with Crippen molar-refractivity contribution in [3.63, 3.8) is 0 Å². The predicted octanol–water partition coefficient (Wildman–Crippen LogP) is -0.769. The molecule has 1 aromatic rings. The second-order valence-corrected chi connectivity index (χ2v) is 11.0. The maximum Gasteiger partial charge on any atom is 0.228 e. The van der Waals surface area contributed by atoms with Gasteiger partial charge in [-0.05, 0) is 38.3 Å².